The second-order valence-corrected chi connectivity index (χ2v) is 6.24. The van der Waals surface area contributed by atoms with Crippen LogP contribution in [0.3, 0.4) is 0 Å². The molecule has 2 rings (SSSR count). The predicted octanol–water partition coefficient (Wildman–Crippen LogP) is 2.19. The van der Waals surface area contributed by atoms with Crippen LogP contribution in [-0.4, -0.2) is 55.0 Å². The van der Waals surface area contributed by atoms with Gasteiger partial charge in [-0.3, -0.25) is 9.69 Å². The SMILES string of the molecule is Cc1cc(Br)ccc1OCC(=O)N1CCN(CCC#N)CC1. The van der Waals surface area contributed by atoms with E-state index in [4.69, 9.17) is 10.00 Å². The Hall–Kier alpha value is -1.58. The minimum absolute atomic E-state index is 0.0160. The molecule has 0 aromatic heterocycles. The number of halogens is 1. The Bertz CT molecular complexity index is 563. The highest BCUT2D eigenvalue weighted by Crippen LogP contribution is 2.22. The lowest BCUT2D eigenvalue weighted by atomic mass is 10.2. The summed E-state index contributed by atoms with van der Waals surface area (Å²) in [6.07, 6.45) is 0.542. The van der Waals surface area contributed by atoms with Crippen LogP contribution in [-0.2, 0) is 4.79 Å². The van der Waals surface area contributed by atoms with Gasteiger partial charge in [0.1, 0.15) is 5.75 Å². The average molecular weight is 366 g/mol. The lowest BCUT2D eigenvalue weighted by Gasteiger charge is -2.34. The summed E-state index contributed by atoms with van der Waals surface area (Å²) in [5.74, 6) is 0.756. The first-order valence-electron chi connectivity index (χ1n) is 7.36. The topological polar surface area (TPSA) is 56.6 Å². The number of rotatable bonds is 5. The van der Waals surface area contributed by atoms with E-state index in [1.807, 2.05) is 30.0 Å². The van der Waals surface area contributed by atoms with Crippen LogP contribution < -0.4 is 4.74 Å². The molecule has 0 aliphatic carbocycles. The van der Waals surface area contributed by atoms with Crippen molar-refractivity contribution in [2.75, 3.05) is 39.3 Å². The molecule has 0 N–H and O–H groups in total. The third kappa shape index (κ3) is 4.72. The van der Waals surface area contributed by atoms with Gasteiger partial charge in [-0.2, -0.15) is 5.26 Å². The summed E-state index contributed by atoms with van der Waals surface area (Å²) in [5, 5.41) is 8.59. The molecule has 1 heterocycles. The molecule has 1 amide bonds. The molecule has 0 unspecified atom stereocenters. The number of aryl methyl sites for hydroxylation is 1. The third-order valence-electron chi connectivity index (χ3n) is 3.75. The molecule has 1 aromatic carbocycles. The van der Waals surface area contributed by atoms with E-state index in [1.54, 1.807) is 0 Å². The minimum atomic E-state index is 0.0160. The van der Waals surface area contributed by atoms with E-state index < -0.39 is 0 Å². The fraction of sp³-hybridized carbons (Fsp3) is 0.500. The van der Waals surface area contributed by atoms with Gasteiger partial charge in [0.15, 0.2) is 6.61 Å². The van der Waals surface area contributed by atoms with E-state index in [0.29, 0.717) is 19.5 Å². The molecule has 0 atom stereocenters. The van der Waals surface area contributed by atoms with Crippen molar-refractivity contribution in [3.05, 3.63) is 28.2 Å². The lowest BCUT2D eigenvalue weighted by Crippen LogP contribution is -2.50. The van der Waals surface area contributed by atoms with Gasteiger partial charge >= 0.3 is 0 Å². The van der Waals surface area contributed by atoms with Crippen LogP contribution in [0.4, 0.5) is 0 Å². The molecule has 118 valence electrons. The van der Waals surface area contributed by atoms with Crippen molar-refractivity contribution in [3.63, 3.8) is 0 Å². The van der Waals surface area contributed by atoms with Crippen molar-refractivity contribution in [3.8, 4) is 11.8 Å². The summed E-state index contributed by atoms with van der Waals surface area (Å²) in [6, 6.07) is 7.89. The first-order chi connectivity index (χ1) is 10.6. The molecular formula is C16H20BrN3O2. The first-order valence-corrected chi connectivity index (χ1v) is 8.15. The molecule has 22 heavy (non-hydrogen) atoms. The Balaban J connectivity index is 1.78. The maximum absolute atomic E-state index is 12.2. The summed E-state index contributed by atoms with van der Waals surface area (Å²) in [5.41, 5.74) is 1.00. The second kappa shape index (κ2) is 8.16. The van der Waals surface area contributed by atoms with Crippen LogP contribution in [0.1, 0.15) is 12.0 Å². The minimum Gasteiger partial charge on any atom is -0.483 e. The van der Waals surface area contributed by atoms with E-state index in [0.717, 1.165) is 35.4 Å². The quantitative estimate of drug-likeness (QED) is 0.802. The Morgan fingerprint density at radius 1 is 1.36 bits per heavy atom. The normalized spacial score (nSPS) is 15.4. The Labute approximate surface area is 139 Å². The Morgan fingerprint density at radius 3 is 2.73 bits per heavy atom. The highest BCUT2D eigenvalue weighted by Gasteiger charge is 2.21. The Kier molecular flexibility index (Phi) is 6.22. The van der Waals surface area contributed by atoms with Gasteiger partial charge in [-0.25, -0.2) is 0 Å². The van der Waals surface area contributed by atoms with Gasteiger partial charge < -0.3 is 9.64 Å². The monoisotopic (exact) mass is 365 g/mol. The van der Waals surface area contributed by atoms with Crippen molar-refractivity contribution in [1.82, 2.24) is 9.80 Å². The van der Waals surface area contributed by atoms with Crippen LogP contribution in [0, 0.1) is 18.3 Å². The average Bonchev–Trinajstić information content (AvgIpc) is 2.52. The van der Waals surface area contributed by atoms with Crippen molar-refractivity contribution >= 4 is 21.8 Å². The van der Waals surface area contributed by atoms with Crippen molar-refractivity contribution < 1.29 is 9.53 Å². The summed E-state index contributed by atoms with van der Waals surface area (Å²) in [7, 11) is 0. The van der Waals surface area contributed by atoms with Crippen LogP contribution in [0.2, 0.25) is 0 Å². The first kappa shape index (κ1) is 16.8. The largest absolute Gasteiger partial charge is 0.483 e. The van der Waals surface area contributed by atoms with Gasteiger partial charge in [0.05, 0.1) is 6.07 Å². The molecule has 0 spiro atoms. The number of ether oxygens (including phenoxy) is 1. The van der Waals surface area contributed by atoms with Gasteiger partial charge in [0, 0.05) is 43.6 Å². The van der Waals surface area contributed by atoms with Crippen LogP contribution in [0.15, 0.2) is 22.7 Å². The molecule has 0 radical (unpaired) electrons. The number of piperazine rings is 1. The van der Waals surface area contributed by atoms with Gasteiger partial charge in [0.2, 0.25) is 0 Å². The standard InChI is InChI=1S/C16H20BrN3O2/c1-13-11-14(17)3-4-15(13)22-12-16(21)20-9-7-19(8-10-20)6-2-5-18/h3-4,11H,2,6-10,12H2,1H3. The third-order valence-corrected chi connectivity index (χ3v) is 4.25. The second-order valence-electron chi connectivity index (χ2n) is 5.33. The van der Waals surface area contributed by atoms with Crippen molar-refractivity contribution in [1.29, 1.82) is 5.26 Å². The maximum Gasteiger partial charge on any atom is 0.260 e. The van der Waals surface area contributed by atoms with Crippen molar-refractivity contribution in [2.24, 2.45) is 0 Å². The molecule has 1 fully saturated rings. The van der Waals surface area contributed by atoms with E-state index >= 15 is 0 Å². The number of carbonyl (C=O) groups is 1. The number of amides is 1. The summed E-state index contributed by atoms with van der Waals surface area (Å²) in [6.45, 7) is 5.86. The van der Waals surface area contributed by atoms with Gasteiger partial charge in [-0.15, -0.1) is 0 Å². The Morgan fingerprint density at radius 2 is 2.09 bits per heavy atom. The molecule has 1 aromatic rings. The van der Waals surface area contributed by atoms with Crippen LogP contribution >= 0.6 is 15.9 Å². The van der Waals surface area contributed by atoms with Crippen LogP contribution in [0.25, 0.3) is 0 Å². The highest BCUT2D eigenvalue weighted by atomic mass is 79.9. The zero-order chi connectivity index (χ0) is 15.9. The predicted molar refractivity (Wildman–Crippen MR) is 87.6 cm³/mol. The summed E-state index contributed by atoms with van der Waals surface area (Å²) < 4.78 is 6.63. The van der Waals surface area contributed by atoms with Gasteiger partial charge in [0.25, 0.3) is 5.91 Å². The molecular weight excluding hydrogens is 346 g/mol. The van der Waals surface area contributed by atoms with E-state index in [-0.39, 0.29) is 12.5 Å². The summed E-state index contributed by atoms with van der Waals surface area (Å²) >= 11 is 3.41. The number of carbonyl (C=O) groups excluding carboxylic acids is 1. The fourth-order valence-electron chi connectivity index (χ4n) is 2.43. The zero-order valence-electron chi connectivity index (χ0n) is 12.7. The number of nitriles is 1. The smallest absolute Gasteiger partial charge is 0.260 e. The van der Waals surface area contributed by atoms with Crippen LogP contribution in [0.5, 0.6) is 5.75 Å². The molecule has 0 bridgehead atoms. The van der Waals surface area contributed by atoms with Gasteiger partial charge in [-0.1, -0.05) is 15.9 Å². The lowest BCUT2D eigenvalue weighted by molar-refractivity contribution is -0.135. The molecule has 1 aliphatic heterocycles. The number of benzene rings is 1. The number of hydrogen-bond donors (Lipinski definition) is 0. The molecule has 0 saturated carbocycles. The summed E-state index contributed by atoms with van der Waals surface area (Å²) in [4.78, 5) is 16.2. The molecule has 1 saturated heterocycles. The highest BCUT2D eigenvalue weighted by molar-refractivity contribution is 9.10. The van der Waals surface area contributed by atoms with E-state index in [9.17, 15) is 4.79 Å². The van der Waals surface area contributed by atoms with Crippen molar-refractivity contribution in [2.45, 2.75) is 13.3 Å². The van der Waals surface area contributed by atoms with E-state index in [1.165, 1.54) is 0 Å². The number of nitrogens with zero attached hydrogens (tertiary/aromatic N) is 3. The molecule has 5 nitrogen and oxygen atoms in total. The number of hydrogen-bond acceptors (Lipinski definition) is 4. The zero-order valence-corrected chi connectivity index (χ0v) is 14.3. The van der Waals surface area contributed by atoms with E-state index in [2.05, 4.69) is 26.9 Å². The molecule has 6 heteroatoms. The van der Waals surface area contributed by atoms with Gasteiger partial charge in [-0.05, 0) is 30.7 Å². The molecule has 1 aliphatic rings. The maximum atomic E-state index is 12.2. The fourth-order valence-corrected chi connectivity index (χ4v) is 2.91.